The van der Waals surface area contributed by atoms with Crippen molar-refractivity contribution in [1.29, 1.82) is 0 Å². The van der Waals surface area contributed by atoms with Crippen molar-refractivity contribution in [2.24, 2.45) is 5.92 Å². The quantitative estimate of drug-likeness (QED) is 0.590. The molecule has 2 atom stereocenters. The van der Waals surface area contributed by atoms with E-state index in [1.165, 1.54) is 4.90 Å². The highest BCUT2D eigenvalue weighted by Gasteiger charge is 2.33. The number of carbonyl (C=O) groups is 2. The minimum Gasteiger partial charge on any atom is -0.550 e. The molecule has 5 nitrogen and oxygen atoms in total. The highest BCUT2D eigenvalue weighted by molar-refractivity contribution is 5.85. The molecule has 5 heteroatoms. The van der Waals surface area contributed by atoms with Gasteiger partial charge in [0.05, 0.1) is 12.6 Å². The lowest BCUT2D eigenvalue weighted by Crippen LogP contribution is -2.40. The van der Waals surface area contributed by atoms with E-state index in [9.17, 15) is 14.7 Å². The van der Waals surface area contributed by atoms with Gasteiger partial charge >= 0.3 is 0 Å². The Bertz CT molecular complexity index is 237. The van der Waals surface area contributed by atoms with Crippen molar-refractivity contribution < 1.29 is 19.8 Å². The summed E-state index contributed by atoms with van der Waals surface area (Å²) < 4.78 is 0. The molecule has 0 radical (unpaired) electrons. The molecule has 1 rings (SSSR count). The molecule has 0 spiro atoms. The SMILES string of the molecule is CC[C@@H](CO)N1C[C@@H](C(=O)[O-])CC1=O. The molecule has 1 amide bonds. The average Bonchev–Trinajstić information content (AvgIpc) is 2.51. The number of aliphatic hydroxyl groups is 1. The molecule has 0 unspecified atom stereocenters. The second-order valence-corrected chi connectivity index (χ2v) is 3.51. The van der Waals surface area contributed by atoms with Crippen molar-refractivity contribution in [3.8, 4) is 0 Å². The van der Waals surface area contributed by atoms with Gasteiger partial charge in [-0.2, -0.15) is 0 Å². The van der Waals surface area contributed by atoms with Crippen molar-refractivity contribution in [3.63, 3.8) is 0 Å². The summed E-state index contributed by atoms with van der Waals surface area (Å²) in [7, 11) is 0. The summed E-state index contributed by atoms with van der Waals surface area (Å²) in [6, 6.07) is -0.258. The highest BCUT2D eigenvalue weighted by atomic mass is 16.4. The average molecular weight is 200 g/mol. The van der Waals surface area contributed by atoms with Crippen molar-refractivity contribution in [2.75, 3.05) is 13.2 Å². The van der Waals surface area contributed by atoms with Crippen molar-refractivity contribution in [2.45, 2.75) is 25.8 Å². The Hall–Kier alpha value is -1.10. The van der Waals surface area contributed by atoms with Gasteiger partial charge in [-0.1, -0.05) is 6.92 Å². The van der Waals surface area contributed by atoms with Gasteiger partial charge in [-0.15, -0.1) is 0 Å². The maximum absolute atomic E-state index is 11.4. The number of rotatable bonds is 4. The van der Waals surface area contributed by atoms with E-state index < -0.39 is 11.9 Å². The fourth-order valence-electron chi connectivity index (χ4n) is 1.69. The van der Waals surface area contributed by atoms with Crippen LogP contribution in [0.1, 0.15) is 19.8 Å². The van der Waals surface area contributed by atoms with Crippen LogP contribution in [0.25, 0.3) is 0 Å². The van der Waals surface area contributed by atoms with Crippen molar-refractivity contribution in [3.05, 3.63) is 0 Å². The maximum Gasteiger partial charge on any atom is 0.223 e. The monoisotopic (exact) mass is 200 g/mol. The largest absolute Gasteiger partial charge is 0.550 e. The number of likely N-dealkylation sites (tertiary alicyclic amines) is 1. The molecule has 1 heterocycles. The van der Waals surface area contributed by atoms with Gasteiger partial charge in [0, 0.05) is 24.9 Å². The second-order valence-electron chi connectivity index (χ2n) is 3.51. The van der Waals surface area contributed by atoms with Crippen LogP contribution in [-0.2, 0) is 9.59 Å². The Morgan fingerprint density at radius 2 is 2.43 bits per heavy atom. The number of carbonyl (C=O) groups excluding carboxylic acids is 2. The summed E-state index contributed by atoms with van der Waals surface area (Å²) in [5.41, 5.74) is 0. The Balaban J connectivity index is 2.64. The lowest BCUT2D eigenvalue weighted by atomic mass is 10.1. The fourth-order valence-corrected chi connectivity index (χ4v) is 1.69. The number of amides is 1. The molecule has 1 aliphatic rings. The Morgan fingerprint density at radius 1 is 1.79 bits per heavy atom. The third-order valence-electron chi connectivity index (χ3n) is 2.61. The predicted molar refractivity (Wildman–Crippen MR) is 46.0 cm³/mol. The van der Waals surface area contributed by atoms with Gasteiger partial charge in [-0.05, 0) is 6.42 Å². The van der Waals surface area contributed by atoms with Crippen molar-refractivity contribution in [1.82, 2.24) is 4.90 Å². The molecule has 80 valence electrons. The van der Waals surface area contributed by atoms with Gasteiger partial charge in [0.25, 0.3) is 0 Å². The van der Waals surface area contributed by atoms with Crippen molar-refractivity contribution >= 4 is 11.9 Å². The first kappa shape index (κ1) is 11.0. The number of aliphatic hydroxyl groups excluding tert-OH is 1. The highest BCUT2D eigenvalue weighted by Crippen LogP contribution is 2.20. The predicted octanol–water partition coefficient (Wildman–Crippen LogP) is -1.64. The number of hydrogen-bond donors (Lipinski definition) is 1. The first-order valence-electron chi connectivity index (χ1n) is 4.71. The van der Waals surface area contributed by atoms with Crippen LogP contribution in [0.4, 0.5) is 0 Å². The molecule has 1 saturated heterocycles. The van der Waals surface area contributed by atoms with E-state index in [1.807, 2.05) is 6.92 Å². The van der Waals surface area contributed by atoms with Crippen LogP contribution in [0.5, 0.6) is 0 Å². The molecule has 0 aromatic carbocycles. The lowest BCUT2D eigenvalue weighted by molar-refractivity contribution is -0.311. The number of carboxylic acids is 1. The third kappa shape index (κ3) is 2.04. The summed E-state index contributed by atoms with van der Waals surface area (Å²) in [4.78, 5) is 23.3. The Kier molecular flexibility index (Phi) is 3.46. The Labute approximate surface area is 82.3 Å². The van der Waals surface area contributed by atoms with Gasteiger partial charge in [0.1, 0.15) is 0 Å². The van der Waals surface area contributed by atoms with Crippen LogP contribution in [0.3, 0.4) is 0 Å². The van der Waals surface area contributed by atoms with E-state index in [0.717, 1.165) is 0 Å². The first-order chi connectivity index (χ1) is 6.60. The zero-order valence-electron chi connectivity index (χ0n) is 8.10. The molecule has 0 aromatic rings. The number of hydrogen-bond acceptors (Lipinski definition) is 4. The van der Waals surface area contributed by atoms with Crippen LogP contribution >= 0.6 is 0 Å². The van der Waals surface area contributed by atoms with Gasteiger partial charge in [0.2, 0.25) is 5.91 Å². The number of carboxylic acid groups (broad SMARTS) is 1. The molecule has 0 saturated carbocycles. The minimum atomic E-state index is -1.19. The van der Waals surface area contributed by atoms with Crippen LogP contribution in [0.2, 0.25) is 0 Å². The zero-order valence-corrected chi connectivity index (χ0v) is 8.10. The van der Waals surface area contributed by atoms with E-state index >= 15 is 0 Å². The van der Waals surface area contributed by atoms with E-state index in [1.54, 1.807) is 0 Å². The third-order valence-corrected chi connectivity index (χ3v) is 2.61. The molecule has 14 heavy (non-hydrogen) atoms. The molecule has 0 aliphatic carbocycles. The Morgan fingerprint density at radius 3 is 2.79 bits per heavy atom. The smallest absolute Gasteiger partial charge is 0.223 e. The van der Waals surface area contributed by atoms with Gasteiger partial charge in [-0.3, -0.25) is 4.79 Å². The molecule has 1 fully saturated rings. The topological polar surface area (TPSA) is 80.7 Å². The summed E-state index contributed by atoms with van der Waals surface area (Å²) >= 11 is 0. The minimum absolute atomic E-state index is 0.00116. The summed E-state index contributed by atoms with van der Waals surface area (Å²) in [5.74, 6) is -2.11. The van der Waals surface area contributed by atoms with E-state index in [2.05, 4.69) is 0 Å². The molecule has 0 bridgehead atoms. The standard InChI is InChI=1S/C9H15NO4/c1-2-7(5-11)10-4-6(9(13)14)3-8(10)12/h6-7,11H,2-5H2,1H3,(H,13,14)/p-1/t6-,7-/m0/s1. The van der Waals surface area contributed by atoms with Crippen LogP contribution in [0, 0.1) is 5.92 Å². The van der Waals surface area contributed by atoms with Crippen LogP contribution in [-0.4, -0.2) is 41.1 Å². The van der Waals surface area contributed by atoms with Gasteiger partial charge < -0.3 is 19.9 Å². The van der Waals surface area contributed by atoms with E-state index in [0.29, 0.717) is 6.42 Å². The first-order valence-corrected chi connectivity index (χ1v) is 4.71. The maximum atomic E-state index is 11.4. The van der Waals surface area contributed by atoms with Gasteiger partial charge in [-0.25, -0.2) is 0 Å². The molecule has 1 N–H and O–H groups in total. The molecule has 0 aromatic heterocycles. The normalized spacial score (nSPS) is 24.0. The summed E-state index contributed by atoms with van der Waals surface area (Å²) in [5, 5.41) is 19.5. The molecular formula is C9H14NO4-. The zero-order chi connectivity index (χ0) is 10.7. The summed E-state index contributed by atoms with van der Waals surface area (Å²) in [6.45, 7) is 1.89. The van der Waals surface area contributed by atoms with Crippen LogP contribution < -0.4 is 5.11 Å². The molecular weight excluding hydrogens is 186 g/mol. The van der Waals surface area contributed by atoms with Gasteiger partial charge in [0.15, 0.2) is 0 Å². The molecule has 1 aliphatic heterocycles. The van der Waals surface area contributed by atoms with E-state index in [-0.39, 0.29) is 31.5 Å². The second kappa shape index (κ2) is 4.41. The van der Waals surface area contributed by atoms with Crippen LogP contribution in [0.15, 0.2) is 0 Å². The fraction of sp³-hybridized carbons (Fsp3) is 0.778. The van der Waals surface area contributed by atoms with E-state index in [4.69, 9.17) is 5.11 Å². The lowest BCUT2D eigenvalue weighted by Gasteiger charge is -2.25. The number of aliphatic carboxylic acids is 1. The summed E-state index contributed by atoms with van der Waals surface area (Å²) in [6.07, 6.45) is 0.626. The number of nitrogens with zero attached hydrogens (tertiary/aromatic N) is 1.